The number of hydrogen-bond acceptors (Lipinski definition) is 8. The number of carbonyl (C=O) groups excluding carboxylic acids is 1. The van der Waals surface area contributed by atoms with Gasteiger partial charge in [-0.1, -0.05) is 42.5 Å². The lowest BCUT2D eigenvalue weighted by Crippen LogP contribution is -2.34. The van der Waals surface area contributed by atoms with E-state index in [9.17, 15) is 14.9 Å². The molecule has 2 aromatic carbocycles. The van der Waals surface area contributed by atoms with Crippen LogP contribution in [0.2, 0.25) is 0 Å². The fraction of sp³-hybridized carbons (Fsp3) is 0.379. The second kappa shape index (κ2) is 11.4. The van der Waals surface area contributed by atoms with Crippen LogP contribution >= 0.6 is 11.5 Å². The third-order valence-electron chi connectivity index (χ3n) is 7.52. The molecule has 0 spiro atoms. The van der Waals surface area contributed by atoms with Crippen molar-refractivity contribution in [1.82, 2.24) is 9.27 Å². The van der Waals surface area contributed by atoms with Crippen molar-refractivity contribution in [2.24, 2.45) is 0 Å². The molecule has 5 rings (SSSR count). The molecule has 8 nitrogen and oxygen atoms in total. The van der Waals surface area contributed by atoms with Crippen LogP contribution in [0.5, 0.6) is 0 Å². The molecule has 198 valence electrons. The first-order valence-corrected chi connectivity index (χ1v) is 13.9. The van der Waals surface area contributed by atoms with Gasteiger partial charge >= 0.3 is 5.97 Å². The number of aromatic nitrogens is 1. The molecule has 1 fully saturated rings. The number of ether oxygens (including phenoxy) is 1. The van der Waals surface area contributed by atoms with Crippen molar-refractivity contribution in [2.75, 3.05) is 31.6 Å². The van der Waals surface area contributed by atoms with Gasteiger partial charge in [0, 0.05) is 42.3 Å². The van der Waals surface area contributed by atoms with Gasteiger partial charge in [-0.15, -0.1) is 0 Å². The van der Waals surface area contributed by atoms with Gasteiger partial charge in [-0.2, -0.15) is 4.37 Å². The van der Waals surface area contributed by atoms with Gasteiger partial charge < -0.3 is 15.0 Å². The third kappa shape index (κ3) is 5.35. The Hall–Kier alpha value is -3.56. The highest BCUT2D eigenvalue weighted by Gasteiger charge is 2.37. The highest BCUT2D eigenvalue weighted by atomic mass is 32.1. The van der Waals surface area contributed by atoms with Gasteiger partial charge in [-0.25, -0.2) is 4.79 Å². The number of nitrogens with zero attached hydrogens (tertiary/aromatic N) is 3. The number of likely N-dealkylation sites (tertiary alicyclic amines) is 1. The molecule has 3 heterocycles. The van der Waals surface area contributed by atoms with E-state index in [1.165, 1.54) is 23.2 Å². The fourth-order valence-electron chi connectivity index (χ4n) is 5.61. The zero-order chi connectivity index (χ0) is 26.6. The summed E-state index contributed by atoms with van der Waals surface area (Å²) in [5.74, 6) is -0.301. The Morgan fingerprint density at radius 3 is 2.61 bits per heavy atom. The summed E-state index contributed by atoms with van der Waals surface area (Å²) in [6.45, 7) is 6.80. The summed E-state index contributed by atoms with van der Waals surface area (Å²) in [5.41, 5.74) is 5.11. The van der Waals surface area contributed by atoms with Crippen molar-refractivity contribution >= 4 is 28.2 Å². The predicted octanol–water partition coefficient (Wildman–Crippen LogP) is 5.87. The van der Waals surface area contributed by atoms with Gasteiger partial charge in [0.05, 0.1) is 22.8 Å². The lowest BCUT2D eigenvalue weighted by atomic mass is 9.81. The van der Waals surface area contributed by atoms with Crippen molar-refractivity contribution in [2.45, 2.75) is 44.9 Å². The molecule has 0 aliphatic carbocycles. The van der Waals surface area contributed by atoms with Gasteiger partial charge in [-0.3, -0.25) is 10.1 Å². The van der Waals surface area contributed by atoms with Gasteiger partial charge in [0.15, 0.2) is 0 Å². The van der Waals surface area contributed by atoms with E-state index < -0.39 is 16.8 Å². The summed E-state index contributed by atoms with van der Waals surface area (Å²) in [6.07, 6.45) is 3.00. The highest BCUT2D eigenvalue weighted by Crippen LogP contribution is 2.46. The van der Waals surface area contributed by atoms with Crippen LogP contribution in [-0.4, -0.2) is 46.4 Å². The Balaban J connectivity index is 1.39. The number of rotatable bonds is 8. The fourth-order valence-corrected chi connectivity index (χ4v) is 6.53. The zero-order valence-electron chi connectivity index (χ0n) is 21.7. The number of piperidine rings is 1. The number of benzene rings is 2. The molecule has 1 N–H and O–H groups in total. The molecular weight excluding hydrogens is 500 g/mol. The Kier molecular flexibility index (Phi) is 7.85. The van der Waals surface area contributed by atoms with Crippen LogP contribution < -0.4 is 5.32 Å². The number of carbonyl (C=O) groups is 1. The Morgan fingerprint density at radius 1 is 1.16 bits per heavy atom. The second-order valence-electron chi connectivity index (χ2n) is 9.82. The molecule has 2 aliphatic heterocycles. The van der Waals surface area contributed by atoms with Crippen LogP contribution in [0.3, 0.4) is 0 Å². The maximum Gasteiger partial charge on any atom is 0.336 e. The molecule has 9 heteroatoms. The topological polar surface area (TPSA) is 97.6 Å². The van der Waals surface area contributed by atoms with Crippen LogP contribution in [0.4, 0.5) is 10.7 Å². The molecule has 1 atom stereocenters. The number of nitro groups is 1. The average Bonchev–Trinajstić information content (AvgIpc) is 3.34. The number of allylic oxidation sites excluding steroid dienone is 1. The van der Waals surface area contributed by atoms with E-state index >= 15 is 0 Å². The first-order chi connectivity index (χ1) is 18.5. The van der Waals surface area contributed by atoms with Crippen LogP contribution in [0.25, 0.3) is 0 Å². The summed E-state index contributed by atoms with van der Waals surface area (Å²) in [4.78, 5) is 26.8. The number of fused-ring (bicyclic) bond motifs is 1. The summed E-state index contributed by atoms with van der Waals surface area (Å²) < 4.78 is 10.2. The molecule has 3 aromatic rings. The van der Waals surface area contributed by atoms with Crippen LogP contribution in [0, 0.1) is 10.1 Å². The SMILES string of the molecule is CCOC(=O)C1=C(C)Nc2snc(CCN3CCC(c4ccccc4)CC3)c2C1c1cccc([N+](=O)[O-])c1. The van der Waals surface area contributed by atoms with E-state index in [1.54, 1.807) is 19.1 Å². The average molecular weight is 533 g/mol. The van der Waals surface area contributed by atoms with Crippen LogP contribution in [-0.2, 0) is 16.0 Å². The molecule has 0 radical (unpaired) electrons. The monoisotopic (exact) mass is 532 g/mol. The third-order valence-corrected chi connectivity index (χ3v) is 8.33. The maximum absolute atomic E-state index is 13.1. The minimum Gasteiger partial charge on any atom is -0.463 e. The Bertz CT molecular complexity index is 1350. The summed E-state index contributed by atoms with van der Waals surface area (Å²) in [7, 11) is 0. The standard InChI is InChI=1S/C29H32N4O4S/c1-3-37-29(34)25-19(2)30-28-27(26(25)22-10-7-11-23(18-22)33(35)36)24(31-38-28)14-17-32-15-12-21(13-16-32)20-8-5-4-6-9-20/h4-11,18,21,26,30H,3,12-17H2,1-2H3. The van der Waals surface area contributed by atoms with E-state index in [0.29, 0.717) is 22.8 Å². The molecule has 1 aromatic heterocycles. The summed E-state index contributed by atoms with van der Waals surface area (Å²) in [5, 5.41) is 15.8. The quantitative estimate of drug-likeness (QED) is 0.220. The van der Waals surface area contributed by atoms with E-state index in [2.05, 4.69) is 40.5 Å². The van der Waals surface area contributed by atoms with Gasteiger partial charge in [0.1, 0.15) is 5.00 Å². The van der Waals surface area contributed by atoms with Crippen molar-refractivity contribution in [1.29, 1.82) is 0 Å². The van der Waals surface area contributed by atoms with Crippen LogP contribution in [0.15, 0.2) is 65.9 Å². The molecule has 1 saturated heterocycles. The van der Waals surface area contributed by atoms with Crippen molar-refractivity contribution in [3.8, 4) is 0 Å². The lowest BCUT2D eigenvalue weighted by Gasteiger charge is -2.32. The van der Waals surface area contributed by atoms with Crippen molar-refractivity contribution < 1.29 is 14.5 Å². The van der Waals surface area contributed by atoms with E-state index in [-0.39, 0.29) is 12.3 Å². The number of nitro benzene ring substituents is 1. The lowest BCUT2D eigenvalue weighted by molar-refractivity contribution is -0.384. The molecule has 0 saturated carbocycles. The first kappa shape index (κ1) is 26.1. The normalized spacial score (nSPS) is 18.1. The van der Waals surface area contributed by atoms with Gasteiger partial charge in [0.2, 0.25) is 0 Å². The smallest absolute Gasteiger partial charge is 0.336 e. The zero-order valence-corrected chi connectivity index (χ0v) is 22.5. The Labute approximate surface area is 226 Å². The molecule has 38 heavy (non-hydrogen) atoms. The van der Waals surface area contributed by atoms with Crippen LogP contribution in [0.1, 0.15) is 60.9 Å². The number of esters is 1. The van der Waals surface area contributed by atoms with E-state index in [0.717, 1.165) is 55.2 Å². The minimum atomic E-state index is -0.484. The summed E-state index contributed by atoms with van der Waals surface area (Å²) >= 11 is 1.38. The number of anilines is 1. The minimum absolute atomic E-state index is 0.00512. The van der Waals surface area contributed by atoms with Crippen molar-refractivity contribution in [3.05, 3.63) is 98.4 Å². The maximum atomic E-state index is 13.1. The van der Waals surface area contributed by atoms with E-state index in [4.69, 9.17) is 9.11 Å². The molecular formula is C29H32N4O4S. The number of non-ortho nitro benzene ring substituents is 1. The predicted molar refractivity (Wildman–Crippen MR) is 149 cm³/mol. The first-order valence-electron chi connectivity index (χ1n) is 13.1. The molecule has 0 bridgehead atoms. The largest absolute Gasteiger partial charge is 0.463 e. The molecule has 2 aliphatic rings. The summed E-state index contributed by atoms with van der Waals surface area (Å²) in [6, 6.07) is 17.3. The van der Waals surface area contributed by atoms with Gasteiger partial charge in [-0.05, 0) is 68.4 Å². The second-order valence-corrected chi connectivity index (χ2v) is 10.6. The van der Waals surface area contributed by atoms with Gasteiger partial charge in [0.25, 0.3) is 5.69 Å². The Morgan fingerprint density at radius 2 is 1.89 bits per heavy atom. The van der Waals surface area contributed by atoms with E-state index in [1.807, 2.05) is 13.0 Å². The number of hydrogen-bond donors (Lipinski definition) is 1. The van der Waals surface area contributed by atoms with Crippen molar-refractivity contribution in [3.63, 3.8) is 0 Å². The molecule has 1 unspecified atom stereocenters. The molecule has 0 amide bonds. The number of nitrogens with one attached hydrogen (secondary N) is 1. The highest BCUT2D eigenvalue weighted by molar-refractivity contribution is 7.10.